The van der Waals surface area contributed by atoms with E-state index in [1.807, 2.05) is 84.9 Å². The summed E-state index contributed by atoms with van der Waals surface area (Å²) in [7, 11) is 1.70. The minimum atomic E-state index is 0.742. The maximum Gasteiger partial charge on any atom is 0.152 e. The number of nitrogens with zero attached hydrogens (tertiary/aromatic N) is 1. The Morgan fingerprint density at radius 1 is 0.500 bits per heavy atom. The molecule has 0 bridgehead atoms. The molecule has 0 amide bonds. The van der Waals surface area contributed by atoms with Crippen LogP contribution in [0.1, 0.15) is 22.3 Å². The van der Waals surface area contributed by atoms with Gasteiger partial charge in [0.15, 0.2) is 5.76 Å². The highest BCUT2D eigenvalue weighted by Gasteiger charge is 2.15. The van der Waals surface area contributed by atoms with Crippen molar-refractivity contribution < 1.29 is 4.74 Å². The summed E-state index contributed by atoms with van der Waals surface area (Å²) in [4.78, 5) is 5.21. The highest BCUT2D eigenvalue weighted by atomic mass is 16.5. The number of ether oxygens (including phenoxy) is 1. The van der Waals surface area contributed by atoms with Crippen molar-refractivity contribution in [2.75, 3.05) is 7.11 Å². The van der Waals surface area contributed by atoms with E-state index in [1.165, 1.54) is 0 Å². The SMILES string of the molecule is CO/C(=C(/N=C(c1ccccc1)c1ccccc1)c1ccccc1)c1ccccc1. The first-order valence-corrected chi connectivity index (χ1v) is 9.95. The Kier molecular flexibility index (Phi) is 6.16. The van der Waals surface area contributed by atoms with E-state index in [0.717, 1.165) is 39.4 Å². The molecule has 2 heteroatoms. The second kappa shape index (κ2) is 9.53. The van der Waals surface area contributed by atoms with Crippen LogP contribution in [0.15, 0.2) is 126 Å². The maximum absolute atomic E-state index is 5.90. The monoisotopic (exact) mass is 389 g/mol. The molecule has 0 saturated carbocycles. The van der Waals surface area contributed by atoms with Crippen LogP contribution in [-0.2, 0) is 4.74 Å². The molecule has 0 radical (unpaired) electrons. The molecule has 0 aliphatic heterocycles. The van der Waals surface area contributed by atoms with E-state index >= 15 is 0 Å². The molecular weight excluding hydrogens is 366 g/mol. The lowest BCUT2D eigenvalue weighted by atomic mass is 10.0. The summed E-state index contributed by atoms with van der Waals surface area (Å²) >= 11 is 0. The van der Waals surface area contributed by atoms with Gasteiger partial charge in [0.25, 0.3) is 0 Å². The zero-order chi connectivity index (χ0) is 20.6. The highest BCUT2D eigenvalue weighted by Crippen LogP contribution is 2.29. The van der Waals surface area contributed by atoms with Gasteiger partial charge in [-0.2, -0.15) is 0 Å². The van der Waals surface area contributed by atoms with Crippen molar-refractivity contribution in [3.05, 3.63) is 144 Å². The number of hydrogen-bond donors (Lipinski definition) is 0. The second-order valence-corrected chi connectivity index (χ2v) is 6.81. The Labute approximate surface area is 177 Å². The lowest BCUT2D eigenvalue weighted by molar-refractivity contribution is 0.371. The summed E-state index contributed by atoms with van der Waals surface area (Å²) in [6, 6.07) is 40.8. The first kappa shape index (κ1) is 19.4. The number of rotatable bonds is 6. The average Bonchev–Trinajstić information content (AvgIpc) is 2.84. The summed E-state index contributed by atoms with van der Waals surface area (Å²) in [6.07, 6.45) is 0. The van der Waals surface area contributed by atoms with Gasteiger partial charge in [0.05, 0.1) is 12.8 Å². The minimum absolute atomic E-state index is 0.742. The van der Waals surface area contributed by atoms with E-state index in [2.05, 4.69) is 36.4 Å². The topological polar surface area (TPSA) is 21.6 Å². The summed E-state index contributed by atoms with van der Waals surface area (Å²) in [5.74, 6) is 0.742. The normalized spacial score (nSPS) is 11.4. The van der Waals surface area contributed by atoms with Gasteiger partial charge in [-0.05, 0) is 0 Å². The molecule has 4 rings (SSSR count). The molecule has 0 unspecified atom stereocenters. The quantitative estimate of drug-likeness (QED) is 0.204. The number of benzene rings is 4. The van der Waals surface area contributed by atoms with Crippen molar-refractivity contribution in [3.8, 4) is 0 Å². The smallest absolute Gasteiger partial charge is 0.152 e. The summed E-state index contributed by atoms with van der Waals surface area (Å²) in [5.41, 5.74) is 5.81. The molecule has 4 aromatic carbocycles. The molecule has 0 fully saturated rings. The summed E-state index contributed by atoms with van der Waals surface area (Å²) < 4.78 is 5.90. The lowest BCUT2D eigenvalue weighted by Crippen LogP contribution is -2.05. The van der Waals surface area contributed by atoms with Gasteiger partial charge in [-0.3, -0.25) is 0 Å². The van der Waals surface area contributed by atoms with Crippen molar-refractivity contribution >= 4 is 17.2 Å². The molecule has 4 aromatic rings. The van der Waals surface area contributed by atoms with E-state index in [0.29, 0.717) is 0 Å². The third-order valence-electron chi connectivity index (χ3n) is 4.82. The molecule has 0 aliphatic rings. The molecule has 0 N–H and O–H groups in total. The van der Waals surface area contributed by atoms with Crippen LogP contribution in [0.2, 0.25) is 0 Å². The van der Waals surface area contributed by atoms with E-state index < -0.39 is 0 Å². The Morgan fingerprint density at radius 2 is 0.867 bits per heavy atom. The second-order valence-electron chi connectivity index (χ2n) is 6.81. The van der Waals surface area contributed by atoms with Gasteiger partial charge in [-0.15, -0.1) is 0 Å². The summed E-state index contributed by atoms with van der Waals surface area (Å²) in [6.45, 7) is 0. The third kappa shape index (κ3) is 4.39. The van der Waals surface area contributed by atoms with E-state index in [-0.39, 0.29) is 0 Å². The fourth-order valence-electron chi connectivity index (χ4n) is 3.38. The molecule has 0 heterocycles. The zero-order valence-corrected chi connectivity index (χ0v) is 16.9. The molecule has 0 atom stereocenters. The lowest BCUT2D eigenvalue weighted by Gasteiger charge is -2.15. The molecular formula is C28H23NO. The van der Waals surface area contributed by atoms with Crippen molar-refractivity contribution in [1.29, 1.82) is 0 Å². The molecule has 146 valence electrons. The predicted molar refractivity (Wildman–Crippen MR) is 125 cm³/mol. The molecule has 2 nitrogen and oxygen atoms in total. The zero-order valence-electron chi connectivity index (χ0n) is 16.9. The van der Waals surface area contributed by atoms with Gasteiger partial charge in [-0.1, -0.05) is 121 Å². The van der Waals surface area contributed by atoms with Gasteiger partial charge in [0, 0.05) is 22.3 Å². The van der Waals surface area contributed by atoms with Crippen LogP contribution >= 0.6 is 0 Å². The van der Waals surface area contributed by atoms with Gasteiger partial charge in [-0.25, -0.2) is 4.99 Å². The third-order valence-corrected chi connectivity index (χ3v) is 4.82. The Hall–Kier alpha value is -3.91. The fraction of sp³-hybridized carbons (Fsp3) is 0.0357. The fourth-order valence-corrected chi connectivity index (χ4v) is 3.38. The van der Waals surface area contributed by atoms with E-state index in [4.69, 9.17) is 9.73 Å². The van der Waals surface area contributed by atoms with Crippen molar-refractivity contribution in [1.82, 2.24) is 0 Å². The highest BCUT2D eigenvalue weighted by molar-refractivity contribution is 6.15. The van der Waals surface area contributed by atoms with Crippen molar-refractivity contribution in [2.45, 2.75) is 0 Å². The first-order valence-electron chi connectivity index (χ1n) is 9.95. The minimum Gasteiger partial charge on any atom is -0.494 e. The van der Waals surface area contributed by atoms with Crippen LogP contribution in [0.3, 0.4) is 0 Å². The number of methoxy groups -OCH3 is 1. The Morgan fingerprint density at radius 3 is 1.27 bits per heavy atom. The van der Waals surface area contributed by atoms with Gasteiger partial charge in [0.1, 0.15) is 5.70 Å². The largest absolute Gasteiger partial charge is 0.494 e. The molecule has 0 aliphatic carbocycles. The number of hydrogen-bond acceptors (Lipinski definition) is 2. The van der Waals surface area contributed by atoms with Crippen molar-refractivity contribution in [3.63, 3.8) is 0 Å². The Balaban J connectivity index is 2.00. The van der Waals surface area contributed by atoms with Gasteiger partial charge >= 0.3 is 0 Å². The molecule has 30 heavy (non-hydrogen) atoms. The number of aliphatic imine (C=N–C) groups is 1. The van der Waals surface area contributed by atoms with Gasteiger partial charge in [0.2, 0.25) is 0 Å². The summed E-state index contributed by atoms with van der Waals surface area (Å²) in [5, 5.41) is 0. The van der Waals surface area contributed by atoms with Crippen LogP contribution in [0, 0.1) is 0 Å². The van der Waals surface area contributed by atoms with Crippen LogP contribution in [0.25, 0.3) is 11.5 Å². The predicted octanol–water partition coefficient (Wildman–Crippen LogP) is 6.70. The molecule has 0 spiro atoms. The Bertz CT molecular complexity index is 1090. The van der Waals surface area contributed by atoms with Crippen LogP contribution in [0.4, 0.5) is 0 Å². The van der Waals surface area contributed by atoms with Crippen LogP contribution in [-0.4, -0.2) is 12.8 Å². The molecule has 0 aromatic heterocycles. The van der Waals surface area contributed by atoms with E-state index in [9.17, 15) is 0 Å². The first-order chi connectivity index (χ1) is 14.9. The molecule has 0 saturated heterocycles. The van der Waals surface area contributed by atoms with Crippen LogP contribution < -0.4 is 0 Å². The standard InChI is InChI=1S/C28H23NO/c1-30-28(25-20-12-5-13-21-25)27(24-18-10-4-11-19-24)29-26(22-14-6-2-7-15-22)23-16-8-3-9-17-23/h2-21H,1H3/b28-27+. The van der Waals surface area contributed by atoms with Crippen LogP contribution in [0.5, 0.6) is 0 Å². The maximum atomic E-state index is 5.90. The van der Waals surface area contributed by atoms with Crippen molar-refractivity contribution in [2.24, 2.45) is 4.99 Å². The van der Waals surface area contributed by atoms with E-state index in [1.54, 1.807) is 7.11 Å². The van der Waals surface area contributed by atoms with Gasteiger partial charge < -0.3 is 4.74 Å². The average molecular weight is 389 g/mol.